The van der Waals surface area contributed by atoms with Gasteiger partial charge in [0.1, 0.15) is 11.5 Å². The molecule has 0 aromatic heterocycles. The number of rotatable bonds is 2. The Balaban J connectivity index is 2.14. The minimum absolute atomic E-state index is 0.838. The molecule has 0 fully saturated rings. The second-order valence-electron chi connectivity index (χ2n) is 3.71. The van der Waals surface area contributed by atoms with Gasteiger partial charge in [0.2, 0.25) is 0 Å². The van der Waals surface area contributed by atoms with Crippen LogP contribution in [0.3, 0.4) is 0 Å². The van der Waals surface area contributed by atoms with Crippen LogP contribution in [-0.2, 0) is 0 Å². The summed E-state index contributed by atoms with van der Waals surface area (Å²) in [6.07, 6.45) is 0. The molecule has 0 aliphatic heterocycles. The summed E-state index contributed by atoms with van der Waals surface area (Å²) in [6, 6.07) is 15.4. The number of benzene rings is 2. The van der Waals surface area contributed by atoms with Crippen molar-refractivity contribution in [2.45, 2.75) is 0 Å². The summed E-state index contributed by atoms with van der Waals surface area (Å²) in [5.74, 6) is 7.88. The first-order chi connectivity index (χ1) is 8.81. The maximum Gasteiger partial charge on any atom is 0.118 e. The Morgan fingerprint density at radius 1 is 0.611 bits per heavy atom. The number of hydrogen-bond donors (Lipinski definition) is 0. The highest BCUT2D eigenvalue weighted by atomic mass is 16.5. The predicted octanol–water partition coefficient (Wildman–Crippen LogP) is 3.10. The molecule has 0 aliphatic rings. The average Bonchev–Trinajstić information content (AvgIpc) is 2.46. The second-order valence-corrected chi connectivity index (χ2v) is 3.71. The lowest BCUT2D eigenvalue weighted by Crippen LogP contribution is -1.83. The van der Waals surface area contributed by atoms with Gasteiger partial charge in [-0.15, -0.1) is 0 Å². The van der Waals surface area contributed by atoms with Gasteiger partial charge in [-0.2, -0.15) is 0 Å². The molecule has 0 bridgehead atoms. The highest BCUT2D eigenvalue weighted by Gasteiger charge is 1.91. The van der Waals surface area contributed by atoms with Crippen LogP contribution in [0.5, 0.6) is 11.5 Å². The van der Waals surface area contributed by atoms with E-state index in [9.17, 15) is 0 Å². The first-order valence-electron chi connectivity index (χ1n) is 5.62. The Bertz CT molecular complexity index is 505. The zero-order chi connectivity index (χ0) is 12.8. The Labute approximate surface area is 107 Å². The van der Waals surface area contributed by atoms with Gasteiger partial charge in [-0.3, -0.25) is 0 Å². The third-order valence-electron chi connectivity index (χ3n) is 2.53. The van der Waals surface area contributed by atoms with E-state index in [0.717, 1.165) is 22.6 Å². The van der Waals surface area contributed by atoms with Crippen LogP contribution in [0.15, 0.2) is 48.5 Å². The molecule has 0 N–H and O–H groups in total. The molecule has 2 aromatic rings. The van der Waals surface area contributed by atoms with Gasteiger partial charge in [-0.25, -0.2) is 0 Å². The molecule has 2 aromatic carbocycles. The topological polar surface area (TPSA) is 18.5 Å². The van der Waals surface area contributed by atoms with Crippen molar-refractivity contribution in [3.63, 3.8) is 0 Å². The van der Waals surface area contributed by atoms with E-state index in [1.807, 2.05) is 48.5 Å². The molecular formula is C16H14O2. The minimum atomic E-state index is 0.838. The van der Waals surface area contributed by atoms with Gasteiger partial charge in [0.25, 0.3) is 0 Å². The van der Waals surface area contributed by atoms with Crippen molar-refractivity contribution in [2.75, 3.05) is 14.2 Å². The number of methoxy groups -OCH3 is 2. The van der Waals surface area contributed by atoms with Crippen LogP contribution in [0.1, 0.15) is 11.1 Å². The third kappa shape index (κ3) is 3.05. The Hall–Kier alpha value is -2.40. The molecule has 90 valence electrons. The van der Waals surface area contributed by atoms with E-state index in [1.165, 1.54) is 0 Å². The maximum absolute atomic E-state index is 5.10. The van der Waals surface area contributed by atoms with E-state index in [2.05, 4.69) is 11.8 Å². The summed E-state index contributed by atoms with van der Waals surface area (Å²) in [6.45, 7) is 0. The van der Waals surface area contributed by atoms with Crippen LogP contribution < -0.4 is 9.47 Å². The molecule has 2 nitrogen and oxygen atoms in total. The molecule has 0 atom stereocenters. The van der Waals surface area contributed by atoms with Crippen LogP contribution in [0.25, 0.3) is 0 Å². The SMILES string of the molecule is COc1ccc(C#Cc2ccc(OC)cc2)cc1. The molecule has 0 aliphatic carbocycles. The molecule has 0 saturated heterocycles. The fourth-order valence-electron chi connectivity index (χ4n) is 1.49. The largest absolute Gasteiger partial charge is 0.497 e. The van der Waals surface area contributed by atoms with E-state index in [4.69, 9.17) is 9.47 Å². The Morgan fingerprint density at radius 3 is 1.22 bits per heavy atom. The zero-order valence-electron chi connectivity index (χ0n) is 10.4. The lowest BCUT2D eigenvalue weighted by molar-refractivity contribution is 0.414. The molecule has 0 radical (unpaired) electrons. The van der Waals surface area contributed by atoms with Gasteiger partial charge < -0.3 is 9.47 Å². The molecular weight excluding hydrogens is 224 g/mol. The van der Waals surface area contributed by atoms with E-state index >= 15 is 0 Å². The second kappa shape index (κ2) is 5.79. The molecule has 0 amide bonds. The highest BCUT2D eigenvalue weighted by molar-refractivity contribution is 5.45. The summed E-state index contributed by atoms with van der Waals surface area (Å²) < 4.78 is 10.2. The standard InChI is InChI=1S/C16H14O2/c1-17-15-9-5-13(6-10-15)3-4-14-7-11-16(18-2)12-8-14/h5-12H,1-2H3. The summed E-state index contributed by atoms with van der Waals surface area (Å²) in [5, 5.41) is 0. The van der Waals surface area contributed by atoms with Gasteiger partial charge >= 0.3 is 0 Å². The highest BCUT2D eigenvalue weighted by Crippen LogP contribution is 2.12. The fourth-order valence-corrected chi connectivity index (χ4v) is 1.49. The van der Waals surface area contributed by atoms with Crippen LogP contribution in [-0.4, -0.2) is 14.2 Å². The van der Waals surface area contributed by atoms with E-state index in [0.29, 0.717) is 0 Å². The summed E-state index contributed by atoms with van der Waals surface area (Å²) in [4.78, 5) is 0. The van der Waals surface area contributed by atoms with Gasteiger partial charge in [0, 0.05) is 11.1 Å². The smallest absolute Gasteiger partial charge is 0.118 e. The monoisotopic (exact) mass is 238 g/mol. The molecule has 18 heavy (non-hydrogen) atoms. The predicted molar refractivity (Wildman–Crippen MR) is 72.0 cm³/mol. The van der Waals surface area contributed by atoms with Crippen molar-refractivity contribution in [1.29, 1.82) is 0 Å². The van der Waals surface area contributed by atoms with E-state index < -0.39 is 0 Å². The Morgan fingerprint density at radius 2 is 0.944 bits per heavy atom. The normalized spacial score (nSPS) is 9.22. The van der Waals surface area contributed by atoms with E-state index in [1.54, 1.807) is 14.2 Å². The maximum atomic E-state index is 5.10. The lowest BCUT2D eigenvalue weighted by Gasteiger charge is -1.98. The lowest BCUT2D eigenvalue weighted by atomic mass is 10.2. The molecule has 0 unspecified atom stereocenters. The van der Waals surface area contributed by atoms with Crippen LogP contribution in [0.2, 0.25) is 0 Å². The molecule has 0 heterocycles. The fraction of sp³-hybridized carbons (Fsp3) is 0.125. The van der Waals surface area contributed by atoms with Crippen molar-refractivity contribution in [3.8, 4) is 23.3 Å². The summed E-state index contributed by atoms with van der Waals surface area (Å²) in [5.41, 5.74) is 1.93. The van der Waals surface area contributed by atoms with Gasteiger partial charge in [-0.05, 0) is 48.5 Å². The van der Waals surface area contributed by atoms with Crippen molar-refractivity contribution in [2.24, 2.45) is 0 Å². The third-order valence-corrected chi connectivity index (χ3v) is 2.53. The van der Waals surface area contributed by atoms with Crippen molar-refractivity contribution < 1.29 is 9.47 Å². The first kappa shape index (κ1) is 12.1. The molecule has 0 saturated carbocycles. The number of ether oxygens (including phenoxy) is 2. The quantitative estimate of drug-likeness (QED) is 0.748. The van der Waals surface area contributed by atoms with Crippen LogP contribution >= 0.6 is 0 Å². The molecule has 2 rings (SSSR count). The minimum Gasteiger partial charge on any atom is -0.497 e. The summed E-state index contributed by atoms with van der Waals surface area (Å²) >= 11 is 0. The average molecular weight is 238 g/mol. The van der Waals surface area contributed by atoms with Gasteiger partial charge in [-0.1, -0.05) is 11.8 Å². The number of hydrogen-bond acceptors (Lipinski definition) is 2. The zero-order valence-corrected chi connectivity index (χ0v) is 10.4. The van der Waals surface area contributed by atoms with E-state index in [-0.39, 0.29) is 0 Å². The van der Waals surface area contributed by atoms with Crippen molar-refractivity contribution in [3.05, 3.63) is 59.7 Å². The van der Waals surface area contributed by atoms with Crippen molar-refractivity contribution >= 4 is 0 Å². The van der Waals surface area contributed by atoms with Crippen LogP contribution in [0, 0.1) is 11.8 Å². The van der Waals surface area contributed by atoms with Crippen molar-refractivity contribution in [1.82, 2.24) is 0 Å². The van der Waals surface area contributed by atoms with Gasteiger partial charge in [0.15, 0.2) is 0 Å². The first-order valence-corrected chi connectivity index (χ1v) is 5.62. The summed E-state index contributed by atoms with van der Waals surface area (Å²) in [7, 11) is 3.30. The molecule has 2 heteroatoms. The van der Waals surface area contributed by atoms with Crippen LogP contribution in [0.4, 0.5) is 0 Å². The molecule has 0 spiro atoms. The Kier molecular flexibility index (Phi) is 3.88. The van der Waals surface area contributed by atoms with Gasteiger partial charge in [0.05, 0.1) is 14.2 Å².